The Hall–Kier alpha value is -0.820. The third-order valence-electron chi connectivity index (χ3n) is 4.92. The van der Waals surface area contributed by atoms with Crippen molar-refractivity contribution in [2.75, 3.05) is 0 Å². The molecule has 1 heteroatoms. The molecule has 1 fully saturated rings. The van der Waals surface area contributed by atoms with Crippen LogP contribution < -0.4 is 5.73 Å². The van der Waals surface area contributed by atoms with Gasteiger partial charge in [0.2, 0.25) is 0 Å². The molecule has 0 bridgehead atoms. The van der Waals surface area contributed by atoms with E-state index in [9.17, 15) is 0 Å². The summed E-state index contributed by atoms with van der Waals surface area (Å²) in [7, 11) is 0. The number of benzene rings is 1. The van der Waals surface area contributed by atoms with Gasteiger partial charge in [0, 0.05) is 5.54 Å². The number of fused-ring (bicyclic) bond motifs is 1. The van der Waals surface area contributed by atoms with Gasteiger partial charge in [0.15, 0.2) is 0 Å². The average Bonchev–Trinajstić information content (AvgIpc) is 2.64. The van der Waals surface area contributed by atoms with Crippen molar-refractivity contribution in [3.8, 4) is 0 Å². The lowest BCUT2D eigenvalue weighted by Gasteiger charge is -2.34. The Kier molecular flexibility index (Phi) is 3.43. The summed E-state index contributed by atoms with van der Waals surface area (Å²) in [5, 5.41) is 0. The zero-order valence-corrected chi connectivity index (χ0v) is 11.4. The van der Waals surface area contributed by atoms with Gasteiger partial charge in [-0.1, -0.05) is 43.9 Å². The van der Waals surface area contributed by atoms with Crippen LogP contribution in [0.1, 0.15) is 68.1 Å². The summed E-state index contributed by atoms with van der Waals surface area (Å²) >= 11 is 0. The summed E-state index contributed by atoms with van der Waals surface area (Å²) in [5.74, 6) is 0. The van der Waals surface area contributed by atoms with Crippen LogP contribution in [0.5, 0.6) is 0 Å². The van der Waals surface area contributed by atoms with E-state index in [4.69, 9.17) is 5.73 Å². The molecule has 1 aromatic rings. The molecule has 2 aliphatic rings. The van der Waals surface area contributed by atoms with E-state index in [0.717, 1.165) is 0 Å². The fourth-order valence-electron chi connectivity index (χ4n) is 3.69. The second-order valence-electron chi connectivity index (χ2n) is 6.26. The molecule has 1 aromatic carbocycles. The van der Waals surface area contributed by atoms with Gasteiger partial charge in [-0.15, -0.1) is 0 Å². The first-order valence-electron chi connectivity index (χ1n) is 7.69. The van der Waals surface area contributed by atoms with Crippen LogP contribution in [0.2, 0.25) is 0 Å². The lowest BCUT2D eigenvalue weighted by atomic mass is 9.76. The smallest absolute Gasteiger partial charge is 0.0409 e. The molecule has 18 heavy (non-hydrogen) atoms. The zero-order chi connectivity index (χ0) is 12.4. The highest BCUT2D eigenvalue weighted by molar-refractivity contribution is 5.36. The maximum atomic E-state index is 6.65. The van der Waals surface area contributed by atoms with Crippen LogP contribution in [0.4, 0.5) is 0 Å². The largest absolute Gasteiger partial charge is 0.321 e. The Labute approximate surface area is 111 Å². The summed E-state index contributed by atoms with van der Waals surface area (Å²) in [6.45, 7) is 0. The molecule has 0 saturated heterocycles. The summed E-state index contributed by atoms with van der Waals surface area (Å²) in [6, 6.07) is 7.11. The summed E-state index contributed by atoms with van der Waals surface area (Å²) in [6.07, 6.45) is 12.9. The molecule has 0 heterocycles. The monoisotopic (exact) mass is 243 g/mol. The minimum Gasteiger partial charge on any atom is -0.321 e. The number of nitrogens with two attached hydrogens (primary N) is 1. The number of aryl methyl sites for hydroxylation is 2. The first kappa shape index (κ1) is 12.2. The topological polar surface area (TPSA) is 26.0 Å². The molecule has 0 aliphatic heterocycles. The van der Waals surface area contributed by atoms with E-state index in [0.29, 0.717) is 0 Å². The maximum absolute atomic E-state index is 6.65. The summed E-state index contributed by atoms with van der Waals surface area (Å²) in [5.41, 5.74) is 11.2. The van der Waals surface area contributed by atoms with Crippen molar-refractivity contribution < 1.29 is 0 Å². The molecular formula is C17H25N. The first-order valence-corrected chi connectivity index (χ1v) is 7.69. The van der Waals surface area contributed by atoms with Crippen molar-refractivity contribution in [3.05, 3.63) is 34.9 Å². The van der Waals surface area contributed by atoms with E-state index in [1.54, 1.807) is 11.1 Å². The first-order chi connectivity index (χ1) is 8.78. The molecule has 1 saturated carbocycles. The van der Waals surface area contributed by atoms with Crippen molar-refractivity contribution in [1.82, 2.24) is 0 Å². The highest BCUT2D eigenvalue weighted by Crippen LogP contribution is 2.36. The molecule has 0 atom stereocenters. The van der Waals surface area contributed by atoms with E-state index >= 15 is 0 Å². The number of rotatable bonds is 1. The standard InChI is InChI=1S/C17H25N/c18-17(11-5-2-6-12-17)16-10-9-14-7-3-1-4-8-15(14)13-16/h9-10,13H,1-8,11-12,18H2. The highest BCUT2D eigenvalue weighted by Gasteiger charge is 2.29. The van der Waals surface area contributed by atoms with Gasteiger partial charge in [0.25, 0.3) is 0 Å². The highest BCUT2D eigenvalue weighted by atomic mass is 14.7. The molecule has 0 amide bonds. The molecule has 2 aliphatic carbocycles. The molecule has 0 spiro atoms. The molecular weight excluding hydrogens is 218 g/mol. The van der Waals surface area contributed by atoms with Gasteiger partial charge in [0.05, 0.1) is 0 Å². The molecule has 0 unspecified atom stereocenters. The van der Waals surface area contributed by atoms with Crippen molar-refractivity contribution in [2.45, 2.75) is 69.7 Å². The molecule has 2 N–H and O–H groups in total. The molecule has 0 radical (unpaired) electrons. The van der Waals surface area contributed by atoms with E-state index in [-0.39, 0.29) is 5.54 Å². The van der Waals surface area contributed by atoms with E-state index in [2.05, 4.69) is 18.2 Å². The summed E-state index contributed by atoms with van der Waals surface area (Å²) < 4.78 is 0. The fraction of sp³-hybridized carbons (Fsp3) is 0.647. The second-order valence-corrected chi connectivity index (χ2v) is 6.26. The zero-order valence-electron chi connectivity index (χ0n) is 11.4. The fourth-order valence-corrected chi connectivity index (χ4v) is 3.69. The molecule has 3 rings (SSSR count). The minimum atomic E-state index is -0.0282. The van der Waals surface area contributed by atoms with Crippen LogP contribution in [-0.2, 0) is 18.4 Å². The minimum absolute atomic E-state index is 0.0282. The van der Waals surface area contributed by atoms with Crippen molar-refractivity contribution in [3.63, 3.8) is 0 Å². The predicted octanol–water partition coefficient (Wildman–Crippen LogP) is 4.07. The van der Waals surface area contributed by atoms with Crippen molar-refractivity contribution >= 4 is 0 Å². The van der Waals surface area contributed by atoms with Crippen LogP contribution in [0.3, 0.4) is 0 Å². The Bertz CT molecular complexity index is 416. The predicted molar refractivity (Wildman–Crippen MR) is 76.7 cm³/mol. The lowest BCUT2D eigenvalue weighted by Crippen LogP contribution is -2.38. The Morgan fingerprint density at radius 3 is 2.22 bits per heavy atom. The Morgan fingerprint density at radius 1 is 0.778 bits per heavy atom. The maximum Gasteiger partial charge on any atom is 0.0409 e. The van der Waals surface area contributed by atoms with Crippen LogP contribution in [0.25, 0.3) is 0 Å². The SMILES string of the molecule is NC1(c2ccc3c(c2)CCCCC3)CCCCC1. The van der Waals surface area contributed by atoms with Gasteiger partial charge < -0.3 is 5.73 Å². The lowest BCUT2D eigenvalue weighted by molar-refractivity contribution is 0.302. The van der Waals surface area contributed by atoms with Gasteiger partial charge in [-0.25, -0.2) is 0 Å². The van der Waals surface area contributed by atoms with E-state index < -0.39 is 0 Å². The summed E-state index contributed by atoms with van der Waals surface area (Å²) in [4.78, 5) is 0. The normalized spacial score (nSPS) is 23.2. The molecule has 0 aromatic heterocycles. The molecule has 98 valence electrons. The van der Waals surface area contributed by atoms with Crippen LogP contribution in [0.15, 0.2) is 18.2 Å². The van der Waals surface area contributed by atoms with Gasteiger partial charge in [-0.2, -0.15) is 0 Å². The Balaban J connectivity index is 1.91. The van der Waals surface area contributed by atoms with Crippen molar-refractivity contribution in [1.29, 1.82) is 0 Å². The molecule has 1 nitrogen and oxygen atoms in total. The second kappa shape index (κ2) is 5.05. The van der Waals surface area contributed by atoms with Crippen LogP contribution in [0, 0.1) is 0 Å². The van der Waals surface area contributed by atoms with Crippen LogP contribution in [-0.4, -0.2) is 0 Å². The van der Waals surface area contributed by atoms with Gasteiger partial charge in [-0.05, 0) is 55.2 Å². The van der Waals surface area contributed by atoms with Gasteiger partial charge in [-0.3, -0.25) is 0 Å². The van der Waals surface area contributed by atoms with Gasteiger partial charge >= 0.3 is 0 Å². The Morgan fingerprint density at radius 2 is 1.44 bits per heavy atom. The van der Waals surface area contributed by atoms with Gasteiger partial charge in [0.1, 0.15) is 0 Å². The third-order valence-corrected chi connectivity index (χ3v) is 4.92. The van der Waals surface area contributed by atoms with E-state index in [1.165, 1.54) is 69.8 Å². The number of hydrogen-bond acceptors (Lipinski definition) is 1. The van der Waals surface area contributed by atoms with E-state index in [1.807, 2.05) is 0 Å². The van der Waals surface area contributed by atoms with Crippen LogP contribution >= 0.6 is 0 Å². The quantitative estimate of drug-likeness (QED) is 0.739. The van der Waals surface area contributed by atoms with Crippen molar-refractivity contribution in [2.24, 2.45) is 5.73 Å². The average molecular weight is 243 g/mol. The number of hydrogen-bond donors (Lipinski definition) is 1. The third kappa shape index (κ3) is 2.33.